The molecule has 3 heterocycles. The number of carbonyl (C=O) groups excluding carboxylic acids is 6. The highest BCUT2D eigenvalue weighted by molar-refractivity contribution is 6.05. The number of cyclic esters (lactones) is 2. The summed E-state index contributed by atoms with van der Waals surface area (Å²) < 4.78 is 16.7. The molecule has 1 aromatic rings. The predicted octanol–water partition coefficient (Wildman–Crippen LogP) is 1.07. The molecule has 3 aliphatic rings. The summed E-state index contributed by atoms with van der Waals surface area (Å²) >= 11 is 0. The van der Waals surface area contributed by atoms with Crippen molar-refractivity contribution in [2.45, 2.75) is 148 Å². The van der Waals surface area contributed by atoms with Gasteiger partial charge in [-0.3, -0.25) is 29.3 Å². The normalized spacial score (nSPS) is 34.8. The molecule has 2 bridgehead atoms. The summed E-state index contributed by atoms with van der Waals surface area (Å²) in [7, 11) is 3.01. The first kappa shape index (κ1) is 45.6. The van der Waals surface area contributed by atoms with Crippen LogP contribution in [0.5, 0.6) is 5.75 Å². The molecule has 0 aliphatic carbocycles. The predicted molar refractivity (Wildman–Crippen MR) is 208 cm³/mol. The van der Waals surface area contributed by atoms with Crippen LogP contribution in [-0.4, -0.2) is 130 Å². The van der Waals surface area contributed by atoms with Crippen molar-refractivity contribution in [3.05, 3.63) is 29.8 Å². The van der Waals surface area contributed by atoms with Gasteiger partial charge in [-0.1, -0.05) is 53.2 Å². The second kappa shape index (κ2) is 19.6. The first-order valence-corrected chi connectivity index (χ1v) is 20.1. The number of aliphatic hydroxyl groups is 2. The molecule has 13 atom stereocenters. The van der Waals surface area contributed by atoms with Crippen LogP contribution in [0.2, 0.25) is 0 Å². The van der Waals surface area contributed by atoms with Crippen molar-refractivity contribution in [3.8, 4) is 5.75 Å². The van der Waals surface area contributed by atoms with Crippen molar-refractivity contribution in [1.82, 2.24) is 20.4 Å². The summed E-state index contributed by atoms with van der Waals surface area (Å²) in [4.78, 5) is 86.1. The second-order valence-corrected chi connectivity index (χ2v) is 16.5. The SMILES string of the molecule is CC[C@H](C)[C@H]1NC(O)[C@@H](N)[C@@H](C)OC(=O)[C@H](Cc2ccc(OC)cc2)N(C)C(=O)[C@@H]2CCC3C(C)C[C@H](NC(=O)[C@@H](C)C(=O)[C@H](C(C)C)OC(=O)C[C@@H]1O)C(=O)N32. The van der Waals surface area contributed by atoms with E-state index >= 15 is 0 Å². The van der Waals surface area contributed by atoms with E-state index in [1.54, 1.807) is 45.0 Å². The summed E-state index contributed by atoms with van der Waals surface area (Å²) in [5.41, 5.74) is 7.13. The number of methoxy groups -OCH3 is 1. The number of hydrogen-bond acceptors (Lipinski definition) is 13. The molecule has 0 aromatic heterocycles. The molecule has 6 N–H and O–H groups in total. The van der Waals surface area contributed by atoms with Crippen LogP contribution in [0.15, 0.2) is 24.3 Å². The molecule has 16 heteroatoms. The summed E-state index contributed by atoms with van der Waals surface area (Å²) in [6.07, 6.45) is -4.20. The Balaban J connectivity index is 1.74. The number of nitrogens with zero attached hydrogens (tertiary/aromatic N) is 2. The van der Waals surface area contributed by atoms with E-state index in [1.807, 2.05) is 13.8 Å². The molecular weight excluding hydrogens is 738 g/mol. The zero-order valence-electron chi connectivity index (χ0n) is 34.7. The number of fused-ring (bicyclic) bond motifs is 1. The molecule has 3 saturated heterocycles. The van der Waals surface area contributed by atoms with Crippen LogP contribution in [-0.2, 0) is 44.7 Å². The minimum atomic E-state index is -1.53. The maximum atomic E-state index is 14.5. The van der Waals surface area contributed by atoms with Gasteiger partial charge in [0.1, 0.15) is 36.2 Å². The highest BCUT2D eigenvalue weighted by atomic mass is 16.6. The standard InChI is InChI=1S/C41H63N5O11/c1-10-21(4)34-31(47)19-32(48)57-36(20(2)3)35(49)23(6)37(50)43-27-17-22(5)28-15-16-29(46(28)39(27)52)40(53)45(8)30(18-25-11-13-26(55-9)14-12-25)41(54)56-24(7)33(42)38(51)44-34/h11-14,20-24,27-31,33-34,36,38,44,47,51H,10,15-19,42H2,1-9H3,(H,43,50)/t21-,22?,23-,24+,27-,28?,29-,30-,31-,33-,34+,36-,38?/m0/s1. The first-order valence-electron chi connectivity index (χ1n) is 20.1. The lowest BCUT2D eigenvalue weighted by Crippen LogP contribution is -2.62. The van der Waals surface area contributed by atoms with Crippen LogP contribution in [0.25, 0.3) is 0 Å². The van der Waals surface area contributed by atoms with E-state index in [0.29, 0.717) is 30.6 Å². The molecule has 0 radical (unpaired) electrons. The van der Waals surface area contributed by atoms with E-state index in [2.05, 4.69) is 10.6 Å². The van der Waals surface area contributed by atoms with Gasteiger partial charge in [-0.2, -0.15) is 0 Å². The van der Waals surface area contributed by atoms with Gasteiger partial charge in [0, 0.05) is 25.6 Å². The Bertz CT molecular complexity index is 1610. The molecule has 0 spiro atoms. The maximum absolute atomic E-state index is 14.5. The molecule has 16 nitrogen and oxygen atoms in total. The molecule has 4 rings (SSSR count). The number of Topliss-reactive ketones (excluding diaryl/α,β-unsaturated/α-hetero) is 1. The fourth-order valence-corrected chi connectivity index (χ4v) is 8.13. The number of amides is 3. The van der Waals surface area contributed by atoms with Gasteiger partial charge < -0.3 is 45.3 Å². The third-order valence-electron chi connectivity index (χ3n) is 12.1. The number of carbonyl (C=O) groups is 6. The Morgan fingerprint density at radius 2 is 1.61 bits per heavy atom. The Kier molecular flexibility index (Phi) is 15.6. The van der Waals surface area contributed by atoms with Crippen molar-refractivity contribution in [2.75, 3.05) is 14.2 Å². The summed E-state index contributed by atoms with van der Waals surface area (Å²) in [5, 5.41) is 28.2. The van der Waals surface area contributed by atoms with Crippen LogP contribution in [0, 0.1) is 23.7 Å². The summed E-state index contributed by atoms with van der Waals surface area (Å²) in [6.45, 7) is 11.8. The topological polar surface area (TPSA) is 227 Å². The Morgan fingerprint density at radius 1 is 0.965 bits per heavy atom. The quantitative estimate of drug-likeness (QED) is 0.201. The lowest BCUT2D eigenvalue weighted by atomic mass is 9.87. The van der Waals surface area contributed by atoms with E-state index in [9.17, 15) is 39.0 Å². The van der Waals surface area contributed by atoms with Crippen LogP contribution in [0.4, 0.5) is 0 Å². The Morgan fingerprint density at radius 3 is 2.21 bits per heavy atom. The largest absolute Gasteiger partial charge is 0.497 e. The zero-order chi connectivity index (χ0) is 42.5. The third kappa shape index (κ3) is 10.5. The number of benzene rings is 1. The minimum Gasteiger partial charge on any atom is -0.497 e. The summed E-state index contributed by atoms with van der Waals surface area (Å²) in [5.74, 6) is -5.71. The second-order valence-electron chi connectivity index (χ2n) is 16.5. The zero-order valence-corrected chi connectivity index (χ0v) is 34.7. The smallest absolute Gasteiger partial charge is 0.329 e. The number of aliphatic hydroxyl groups excluding tert-OH is 2. The van der Waals surface area contributed by atoms with Gasteiger partial charge in [0.05, 0.1) is 31.6 Å². The van der Waals surface area contributed by atoms with Gasteiger partial charge in [-0.05, 0) is 68.6 Å². The molecular formula is C41H63N5O11. The number of piperidine rings is 1. The van der Waals surface area contributed by atoms with Crippen LogP contribution >= 0.6 is 0 Å². The van der Waals surface area contributed by atoms with E-state index in [1.165, 1.54) is 37.8 Å². The molecule has 3 unspecified atom stereocenters. The van der Waals surface area contributed by atoms with Gasteiger partial charge in [0.2, 0.25) is 17.7 Å². The van der Waals surface area contributed by atoms with E-state index in [0.717, 1.165) is 0 Å². The number of ketones is 1. The lowest BCUT2D eigenvalue weighted by Gasteiger charge is -2.42. The number of hydrogen-bond donors (Lipinski definition) is 5. The van der Waals surface area contributed by atoms with Crippen molar-refractivity contribution in [3.63, 3.8) is 0 Å². The Labute approximate surface area is 335 Å². The fourth-order valence-electron chi connectivity index (χ4n) is 8.13. The van der Waals surface area contributed by atoms with Crippen LogP contribution < -0.4 is 21.1 Å². The maximum Gasteiger partial charge on any atom is 0.329 e. The summed E-state index contributed by atoms with van der Waals surface area (Å²) in [6, 6.07) is 1.42. The highest BCUT2D eigenvalue weighted by Gasteiger charge is 2.51. The molecule has 0 saturated carbocycles. The number of likely N-dealkylation sites (N-methyl/N-ethyl adjacent to an activating group) is 1. The lowest BCUT2D eigenvalue weighted by molar-refractivity contribution is -0.163. The number of nitrogens with one attached hydrogen (secondary N) is 2. The van der Waals surface area contributed by atoms with E-state index in [-0.39, 0.29) is 30.7 Å². The van der Waals surface area contributed by atoms with Crippen molar-refractivity contribution >= 4 is 35.4 Å². The van der Waals surface area contributed by atoms with Crippen molar-refractivity contribution < 1.29 is 53.2 Å². The minimum absolute atomic E-state index is 0.0364. The number of rotatable bonds is 6. The molecule has 1 aromatic carbocycles. The van der Waals surface area contributed by atoms with Crippen molar-refractivity contribution in [1.29, 1.82) is 0 Å². The highest BCUT2D eigenvalue weighted by Crippen LogP contribution is 2.37. The van der Waals surface area contributed by atoms with Gasteiger partial charge in [0.25, 0.3) is 0 Å². The van der Waals surface area contributed by atoms with E-state index in [4.69, 9.17) is 19.9 Å². The molecule has 3 aliphatic heterocycles. The Hall–Kier alpha value is -4.12. The van der Waals surface area contributed by atoms with E-state index < -0.39 is 108 Å². The molecule has 3 amide bonds. The number of nitrogens with two attached hydrogens (primary N) is 1. The van der Waals surface area contributed by atoms with Crippen LogP contribution in [0.1, 0.15) is 86.1 Å². The number of ether oxygens (including phenoxy) is 3. The van der Waals surface area contributed by atoms with Crippen LogP contribution in [0.3, 0.4) is 0 Å². The third-order valence-corrected chi connectivity index (χ3v) is 12.1. The number of esters is 2. The van der Waals surface area contributed by atoms with Crippen molar-refractivity contribution in [2.24, 2.45) is 29.4 Å². The van der Waals surface area contributed by atoms with Gasteiger partial charge >= 0.3 is 11.9 Å². The van der Waals surface area contributed by atoms with Gasteiger partial charge in [0.15, 0.2) is 11.9 Å². The molecule has 57 heavy (non-hydrogen) atoms. The monoisotopic (exact) mass is 801 g/mol. The average Bonchev–Trinajstić information content (AvgIpc) is 3.64. The molecule has 318 valence electrons. The average molecular weight is 802 g/mol. The molecule has 3 fully saturated rings. The fraction of sp³-hybridized carbons (Fsp3) is 0.707. The van der Waals surface area contributed by atoms with Gasteiger partial charge in [-0.15, -0.1) is 0 Å². The first-order chi connectivity index (χ1) is 26.8. The van der Waals surface area contributed by atoms with Gasteiger partial charge in [-0.25, -0.2) is 4.79 Å².